The van der Waals surface area contributed by atoms with Gasteiger partial charge in [0.05, 0.1) is 23.9 Å². The number of aryl methyl sites for hydroxylation is 1. The number of amides is 3. The maximum Gasteiger partial charge on any atom is 0.339 e. The van der Waals surface area contributed by atoms with Crippen LogP contribution in [0.2, 0.25) is 0 Å². The smallest absolute Gasteiger partial charge is 0.339 e. The molecule has 0 aliphatic heterocycles. The number of methoxy groups -OCH3 is 1. The van der Waals surface area contributed by atoms with Crippen LogP contribution in [0.5, 0.6) is 5.75 Å². The monoisotopic (exact) mass is 459 g/mol. The number of aromatic nitrogens is 1. The molecule has 1 heterocycles. The summed E-state index contributed by atoms with van der Waals surface area (Å²) >= 11 is 0. The third-order valence-corrected chi connectivity index (χ3v) is 5.81. The summed E-state index contributed by atoms with van der Waals surface area (Å²) in [5, 5.41) is 2.58. The van der Waals surface area contributed by atoms with E-state index in [2.05, 4.69) is 6.08 Å². The van der Waals surface area contributed by atoms with Crippen LogP contribution in [-0.2, 0) is 16.0 Å². The average Bonchev–Trinajstić information content (AvgIpc) is 3.18. The zero-order chi connectivity index (χ0) is 24.4. The number of esters is 1. The largest absolute Gasteiger partial charge is 0.496 e. The highest BCUT2D eigenvalue weighted by Gasteiger charge is 2.29. The Labute approximate surface area is 196 Å². The maximum absolute atomic E-state index is 13.2. The third-order valence-electron chi connectivity index (χ3n) is 5.81. The van der Waals surface area contributed by atoms with Crippen molar-refractivity contribution in [1.82, 2.24) is 10.3 Å². The molecule has 174 valence electrons. The zero-order valence-electron chi connectivity index (χ0n) is 19.2. The van der Waals surface area contributed by atoms with Crippen LogP contribution in [0.15, 0.2) is 42.5 Å². The van der Waals surface area contributed by atoms with Crippen molar-refractivity contribution in [3.05, 3.63) is 70.4 Å². The Kier molecular flexibility index (Phi) is 6.32. The number of nitrogens with two attached hydrogens (primary N) is 1. The minimum atomic E-state index is -1.19. The van der Waals surface area contributed by atoms with Gasteiger partial charge in [-0.2, -0.15) is 0 Å². The zero-order valence-corrected chi connectivity index (χ0v) is 19.2. The summed E-state index contributed by atoms with van der Waals surface area (Å²) in [5.74, 6) is -0.618. The lowest BCUT2D eigenvalue weighted by Gasteiger charge is -2.15. The van der Waals surface area contributed by atoms with Crippen molar-refractivity contribution in [1.29, 1.82) is 0 Å². The first-order chi connectivity index (χ1) is 16.3. The van der Waals surface area contributed by atoms with Gasteiger partial charge in [-0.25, -0.2) is 14.6 Å². The van der Waals surface area contributed by atoms with E-state index in [1.807, 2.05) is 54.7 Å². The molecular formula is C26H25N3O5. The Balaban J connectivity index is 1.75. The number of benzene rings is 2. The summed E-state index contributed by atoms with van der Waals surface area (Å²) in [7, 11) is 1.64. The van der Waals surface area contributed by atoms with E-state index in [0.717, 1.165) is 33.7 Å². The summed E-state index contributed by atoms with van der Waals surface area (Å²) < 4.78 is 10.8. The molecule has 3 N–H and O–H groups in total. The van der Waals surface area contributed by atoms with Gasteiger partial charge in [0.1, 0.15) is 5.75 Å². The molecule has 2 aromatic carbocycles. The topological polar surface area (TPSA) is 121 Å². The van der Waals surface area contributed by atoms with Crippen LogP contribution in [0, 0.1) is 6.92 Å². The van der Waals surface area contributed by atoms with Crippen molar-refractivity contribution in [2.24, 2.45) is 5.73 Å². The molecule has 8 heteroatoms. The molecule has 0 saturated heterocycles. The van der Waals surface area contributed by atoms with Gasteiger partial charge in [0.2, 0.25) is 0 Å². The van der Waals surface area contributed by atoms with E-state index in [0.29, 0.717) is 29.3 Å². The molecule has 0 saturated carbocycles. The van der Waals surface area contributed by atoms with Gasteiger partial charge in [-0.3, -0.25) is 10.1 Å². The van der Waals surface area contributed by atoms with Crippen molar-refractivity contribution in [3.63, 3.8) is 0 Å². The normalized spacial score (nSPS) is 14.5. The van der Waals surface area contributed by atoms with Crippen molar-refractivity contribution in [2.45, 2.75) is 32.8 Å². The van der Waals surface area contributed by atoms with Gasteiger partial charge in [0.25, 0.3) is 5.91 Å². The molecule has 3 aromatic rings. The van der Waals surface area contributed by atoms with Gasteiger partial charge in [0, 0.05) is 5.39 Å². The van der Waals surface area contributed by atoms with E-state index >= 15 is 0 Å². The van der Waals surface area contributed by atoms with Gasteiger partial charge in [0.15, 0.2) is 6.10 Å². The second kappa shape index (κ2) is 9.35. The van der Waals surface area contributed by atoms with Crippen LogP contribution in [0.1, 0.15) is 46.1 Å². The standard InChI is InChI=1S/C26H25N3O5/c1-14-12-16(8-11-21(14)33-3)13-17-9-10-19-22(18-6-4-5-7-20(18)28-23(17)19)25(31)34-15(2)24(30)29-26(27)32/h4-8,11-13,15H,9-10H2,1-3H3,(H3,27,29,30,32). The number of primary amides is 1. The molecule has 3 amide bonds. The van der Waals surface area contributed by atoms with Crippen LogP contribution in [0.25, 0.3) is 22.6 Å². The highest BCUT2D eigenvalue weighted by molar-refractivity contribution is 6.08. The van der Waals surface area contributed by atoms with E-state index in [4.69, 9.17) is 20.2 Å². The number of para-hydroxylation sites is 1. The van der Waals surface area contributed by atoms with Crippen molar-refractivity contribution in [2.75, 3.05) is 7.11 Å². The van der Waals surface area contributed by atoms with Gasteiger partial charge in [-0.05, 0) is 73.2 Å². The quantitative estimate of drug-likeness (QED) is 0.560. The third kappa shape index (κ3) is 4.47. The maximum atomic E-state index is 13.2. The van der Waals surface area contributed by atoms with Gasteiger partial charge in [-0.1, -0.05) is 24.3 Å². The number of hydrogen-bond donors (Lipinski definition) is 2. The number of hydrogen-bond acceptors (Lipinski definition) is 6. The molecule has 4 rings (SSSR count). The van der Waals surface area contributed by atoms with Crippen LogP contribution >= 0.6 is 0 Å². The lowest BCUT2D eigenvalue weighted by atomic mass is 10.0. The Bertz CT molecular complexity index is 1350. The molecule has 1 atom stereocenters. The fourth-order valence-electron chi connectivity index (χ4n) is 4.20. The number of nitrogens with zero attached hydrogens (tertiary/aromatic N) is 1. The molecule has 34 heavy (non-hydrogen) atoms. The molecule has 0 fully saturated rings. The molecule has 0 radical (unpaired) electrons. The molecule has 1 aliphatic rings. The minimum absolute atomic E-state index is 0.383. The number of rotatable bonds is 5. The van der Waals surface area contributed by atoms with Crippen LogP contribution < -0.4 is 15.8 Å². The number of nitrogens with one attached hydrogen (secondary N) is 1. The number of allylic oxidation sites excluding steroid dienone is 1. The number of carbonyl (C=O) groups excluding carboxylic acids is 3. The first kappa shape index (κ1) is 23.0. The summed E-state index contributed by atoms with van der Waals surface area (Å²) in [6.45, 7) is 3.37. The first-order valence-electron chi connectivity index (χ1n) is 10.9. The van der Waals surface area contributed by atoms with E-state index in [9.17, 15) is 14.4 Å². The minimum Gasteiger partial charge on any atom is -0.496 e. The van der Waals surface area contributed by atoms with Crippen LogP contribution in [0.3, 0.4) is 0 Å². The number of carbonyl (C=O) groups is 3. The summed E-state index contributed by atoms with van der Waals surface area (Å²) in [4.78, 5) is 41.1. The Morgan fingerprint density at radius 1 is 1.15 bits per heavy atom. The van der Waals surface area contributed by atoms with Crippen LogP contribution in [0.4, 0.5) is 4.79 Å². The summed E-state index contributed by atoms with van der Waals surface area (Å²) in [6, 6.07) is 12.3. The highest BCUT2D eigenvalue weighted by atomic mass is 16.5. The van der Waals surface area contributed by atoms with E-state index < -0.39 is 24.0 Å². The second-order valence-electron chi connectivity index (χ2n) is 8.13. The van der Waals surface area contributed by atoms with Gasteiger partial charge in [-0.15, -0.1) is 0 Å². The molecule has 1 aromatic heterocycles. The Hall–Kier alpha value is -4.20. The molecule has 1 unspecified atom stereocenters. The molecule has 0 bridgehead atoms. The Morgan fingerprint density at radius 2 is 1.91 bits per heavy atom. The fourth-order valence-corrected chi connectivity index (χ4v) is 4.20. The molecule has 8 nitrogen and oxygen atoms in total. The van der Waals surface area contributed by atoms with E-state index in [-0.39, 0.29) is 0 Å². The molecular weight excluding hydrogens is 434 g/mol. The number of fused-ring (bicyclic) bond motifs is 2. The van der Waals surface area contributed by atoms with E-state index in [1.54, 1.807) is 7.11 Å². The van der Waals surface area contributed by atoms with Crippen molar-refractivity contribution in [3.8, 4) is 5.75 Å². The lowest BCUT2D eigenvalue weighted by Crippen LogP contribution is -2.42. The number of urea groups is 1. The molecule has 1 aliphatic carbocycles. The Morgan fingerprint density at radius 3 is 2.62 bits per heavy atom. The van der Waals surface area contributed by atoms with E-state index in [1.165, 1.54) is 6.92 Å². The fraction of sp³-hybridized carbons (Fsp3) is 0.231. The van der Waals surface area contributed by atoms with Gasteiger partial charge < -0.3 is 15.2 Å². The first-order valence-corrected chi connectivity index (χ1v) is 10.9. The number of ether oxygens (including phenoxy) is 2. The molecule has 0 spiro atoms. The predicted molar refractivity (Wildman–Crippen MR) is 128 cm³/mol. The summed E-state index contributed by atoms with van der Waals surface area (Å²) in [5.41, 5.74) is 10.6. The van der Waals surface area contributed by atoms with Gasteiger partial charge >= 0.3 is 12.0 Å². The van der Waals surface area contributed by atoms with Crippen LogP contribution in [-0.4, -0.2) is 36.1 Å². The van der Waals surface area contributed by atoms with Crippen molar-refractivity contribution < 1.29 is 23.9 Å². The SMILES string of the molecule is COc1ccc(C=C2CCc3c2nc2ccccc2c3C(=O)OC(C)C(=O)NC(N)=O)cc1C. The number of imide groups is 1. The van der Waals surface area contributed by atoms with Crippen molar-refractivity contribution >= 4 is 40.5 Å². The second-order valence-corrected chi connectivity index (χ2v) is 8.13. The highest BCUT2D eigenvalue weighted by Crippen LogP contribution is 2.38. The average molecular weight is 460 g/mol. The predicted octanol–water partition coefficient (Wildman–Crippen LogP) is 3.78. The summed E-state index contributed by atoms with van der Waals surface area (Å²) in [6.07, 6.45) is 2.20. The number of pyridine rings is 1. The lowest BCUT2D eigenvalue weighted by molar-refractivity contribution is -0.127.